The molecule has 190 valence electrons. The summed E-state index contributed by atoms with van der Waals surface area (Å²) in [4.78, 5) is 16.9. The molecule has 9 heteroatoms. The van der Waals surface area contributed by atoms with E-state index in [1.807, 2.05) is 54.2 Å². The second-order valence-electron chi connectivity index (χ2n) is 8.79. The van der Waals surface area contributed by atoms with Crippen LogP contribution in [-0.2, 0) is 14.8 Å². The second-order valence-corrected chi connectivity index (χ2v) is 10.6. The van der Waals surface area contributed by atoms with Crippen molar-refractivity contribution < 1.29 is 22.3 Å². The summed E-state index contributed by atoms with van der Waals surface area (Å²) < 4.78 is 48.8. The van der Waals surface area contributed by atoms with E-state index in [2.05, 4.69) is 0 Å². The molecule has 0 atom stereocenters. The lowest BCUT2D eigenvalue weighted by Gasteiger charge is -2.30. The molecule has 0 spiro atoms. The number of morpholine rings is 1. The SMILES string of the molecule is CN(C)c1ccc(C(=O)N(CCN2CCOCC2)S(=O)(=O)c2cc(-c3ccccc3)ccc2F)cc1. The standard InChI is InChI=1S/C27H30FN3O4S/c1-29(2)24-11-8-22(9-12-24)27(32)31(15-14-30-16-18-35-19-17-30)36(33,34)26-20-23(10-13-25(26)28)21-6-4-3-5-7-21/h3-13,20H,14-19H2,1-2H3. The fourth-order valence-electron chi connectivity index (χ4n) is 4.06. The van der Waals surface area contributed by atoms with Crippen LogP contribution >= 0.6 is 0 Å². The quantitative estimate of drug-likeness (QED) is 0.459. The zero-order valence-electron chi connectivity index (χ0n) is 20.4. The maximum Gasteiger partial charge on any atom is 0.269 e. The Labute approximate surface area is 211 Å². The van der Waals surface area contributed by atoms with Crippen molar-refractivity contribution in [1.82, 2.24) is 9.21 Å². The van der Waals surface area contributed by atoms with Gasteiger partial charge in [0.2, 0.25) is 0 Å². The Bertz CT molecular complexity index is 1290. The monoisotopic (exact) mass is 511 g/mol. The number of carbonyl (C=O) groups excluding carboxylic acids is 1. The highest BCUT2D eigenvalue weighted by molar-refractivity contribution is 7.89. The number of nitrogens with zero attached hydrogens (tertiary/aromatic N) is 3. The fraction of sp³-hybridized carbons (Fsp3) is 0.296. The Morgan fingerprint density at radius 3 is 2.25 bits per heavy atom. The maximum atomic E-state index is 15.0. The molecule has 1 heterocycles. The number of carbonyl (C=O) groups is 1. The van der Waals surface area contributed by atoms with Gasteiger partial charge in [-0.1, -0.05) is 36.4 Å². The van der Waals surface area contributed by atoms with Crippen LogP contribution in [0, 0.1) is 5.82 Å². The topological polar surface area (TPSA) is 70.2 Å². The highest BCUT2D eigenvalue weighted by atomic mass is 32.2. The third kappa shape index (κ3) is 5.75. The molecule has 3 aromatic carbocycles. The molecular formula is C27H30FN3O4S. The minimum atomic E-state index is -4.50. The predicted octanol–water partition coefficient (Wildman–Crippen LogP) is 3.72. The summed E-state index contributed by atoms with van der Waals surface area (Å²) in [5.74, 6) is -1.60. The van der Waals surface area contributed by atoms with Crippen molar-refractivity contribution in [1.29, 1.82) is 0 Å². The van der Waals surface area contributed by atoms with Gasteiger partial charge in [0.25, 0.3) is 15.9 Å². The molecule has 1 aliphatic heterocycles. The van der Waals surface area contributed by atoms with Crippen LogP contribution in [0.3, 0.4) is 0 Å². The maximum absolute atomic E-state index is 15.0. The number of anilines is 1. The molecule has 4 rings (SSSR count). The first-order valence-electron chi connectivity index (χ1n) is 11.8. The zero-order chi connectivity index (χ0) is 25.7. The number of benzene rings is 3. The van der Waals surface area contributed by atoms with Crippen LogP contribution in [0.25, 0.3) is 11.1 Å². The summed E-state index contributed by atoms with van der Waals surface area (Å²) in [7, 11) is -0.750. The van der Waals surface area contributed by atoms with Crippen LogP contribution in [0.5, 0.6) is 0 Å². The van der Waals surface area contributed by atoms with E-state index in [1.54, 1.807) is 24.3 Å². The zero-order valence-corrected chi connectivity index (χ0v) is 21.2. The number of hydrogen-bond acceptors (Lipinski definition) is 6. The summed E-state index contributed by atoms with van der Waals surface area (Å²) in [5, 5.41) is 0. The van der Waals surface area contributed by atoms with Gasteiger partial charge in [-0.05, 0) is 47.5 Å². The minimum absolute atomic E-state index is 0.106. The molecule has 1 fully saturated rings. The van der Waals surface area contributed by atoms with Crippen LogP contribution in [0.15, 0.2) is 77.7 Å². The van der Waals surface area contributed by atoms with Gasteiger partial charge in [0.15, 0.2) is 0 Å². The lowest BCUT2D eigenvalue weighted by Crippen LogP contribution is -2.45. The Morgan fingerprint density at radius 2 is 1.61 bits per heavy atom. The van der Waals surface area contributed by atoms with Crippen molar-refractivity contribution in [2.75, 3.05) is 58.4 Å². The molecule has 0 radical (unpaired) electrons. The van der Waals surface area contributed by atoms with Gasteiger partial charge in [-0.3, -0.25) is 9.69 Å². The van der Waals surface area contributed by atoms with E-state index in [9.17, 15) is 17.6 Å². The fourth-order valence-corrected chi connectivity index (χ4v) is 5.54. The number of rotatable bonds is 8. The van der Waals surface area contributed by atoms with Crippen molar-refractivity contribution in [2.45, 2.75) is 4.90 Å². The largest absolute Gasteiger partial charge is 0.379 e. The molecule has 0 N–H and O–H groups in total. The first-order chi connectivity index (χ1) is 17.3. The Balaban J connectivity index is 1.71. The first-order valence-corrected chi connectivity index (χ1v) is 13.2. The molecule has 0 aliphatic carbocycles. The molecule has 3 aromatic rings. The van der Waals surface area contributed by atoms with E-state index >= 15 is 0 Å². The summed E-state index contributed by atoms with van der Waals surface area (Å²) in [6.07, 6.45) is 0. The normalized spacial score (nSPS) is 14.4. The smallest absolute Gasteiger partial charge is 0.269 e. The van der Waals surface area contributed by atoms with Gasteiger partial charge < -0.3 is 9.64 Å². The van der Waals surface area contributed by atoms with Crippen LogP contribution in [0.1, 0.15) is 10.4 Å². The lowest BCUT2D eigenvalue weighted by molar-refractivity contribution is 0.0359. The molecule has 0 bridgehead atoms. The Kier molecular flexibility index (Phi) is 8.03. The number of hydrogen-bond donors (Lipinski definition) is 0. The summed E-state index contributed by atoms with van der Waals surface area (Å²) in [5.41, 5.74) is 2.38. The molecule has 1 saturated heterocycles. The molecule has 0 saturated carbocycles. The third-order valence-corrected chi connectivity index (χ3v) is 7.98. The third-order valence-electron chi connectivity index (χ3n) is 6.19. The van der Waals surface area contributed by atoms with Crippen molar-refractivity contribution in [2.24, 2.45) is 0 Å². The van der Waals surface area contributed by atoms with Crippen molar-refractivity contribution in [3.8, 4) is 11.1 Å². The molecule has 36 heavy (non-hydrogen) atoms. The van der Waals surface area contributed by atoms with Crippen molar-refractivity contribution >= 4 is 21.6 Å². The summed E-state index contributed by atoms with van der Waals surface area (Å²) in [6.45, 7) is 2.57. The summed E-state index contributed by atoms with van der Waals surface area (Å²) in [6, 6.07) is 19.8. The van der Waals surface area contributed by atoms with E-state index in [4.69, 9.17) is 4.74 Å². The second kappa shape index (κ2) is 11.2. The van der Waals surface area contributed by atoms with E-state index in [-0.39, 0.29) is 12.1 Å². The van der Waals surface area contributed by atoms with Crippen molar-refractivity contribution in [3.05, 3.63) is 84.2 Å². The number of amides is 1. The van der Waals surface area contributed by atoms with E-state index in [0.717, 1.165) is 21.6 Å². The summed E-state index contributed by atoms with van der Waals surface area (Å²) >= 11 is 0. The predicted molar refractivity (Wildman–Crippen MR) is 138 cm³/mol. The van der Waals surface area contributed by atoms with Crippen LogP contribution in [0.4, 0.5) is 10.1 Å². The van der Waals surface area contributed by atoms with Gasteiger partial charge in [-0.15, -0.1) is 0 Å². The lowest BCUT2D eigenvalue weighted by atomic mass is 10.1. The average Bonchev–Trinajstić information content (AvgIpc) is 2.90. The van der Waals surface area contributed by atoms with Gasteiger partial charge >= 0.3 is 0 Å². The average molecular weight is 512 g/mol. The Hall–Kier alpha value is -3.27. The van der Waals surface area contributed by atoms with Crippen molar-refractivity contribution in [3.63, 3.8) is 0 Å². The van der Waals surface area contributed by atoms with E-state index in [1.165, 1.54) is 12.1 Å². The molecule has 1 aliphatic rings. The van der Waals surface area contributed by atoms with Gasteiger partial charge in [0, 0.05) is 45.0 Å². The first kappa shape index (κ1) is 25.8. The van der Waals surface area contributed by atoms with Gasteiger partial charge in [-0.25, -0.2) is 17.1 Å². The molecule has 0 unspecified atom stereocenters. The van der Waals surface area contributed by atoms with Gasteiger partial charge in [0.1, 0.15) is 10.7 Å². The molecule has 0 aromatic heterocycles. The van der Waals surface area contributed by atoms with Crippen LogP contribution < -0.4 is 4.90 Å². The molecular weight excluding hydrogens is 481 g/mol. The Morgan fingerprint density at radius 1 is 0.944 bits per heavy atom. The van der Waals surface area contributed by atoms with E-state index in [0.29, 0.717) is 38.4 Å². The van der Waals surface area contributed by atoms with E-state index < -0.39 is 26.6 Å². The highest BCUT2D eigenvalue weighted by Gasteiger charge is 2.33. The number of sulfonamides is 1. The highest BCUT2D eigenvalue weighted by Crippen LogP contribution is 2.28. The number of halogens is 1. The van der Waals surface area contributed by atoms with Gasteiger partial charge in [-0.2, -0.15) is 0 Å². The molecule has 7 nitrogen and oxygen atoms in total. The molecule has 1 amide bonds. The minimum Gasteiger partial charge on any atom is -0.379 e. The van der Waals surface area contributed by atoms with Crippen LogP contribution in [0.2, 0.25) is 0 Å². The van der Waals surface area contributed by atoms with Crippen LogP contribution in [-0.4, -0.2) is 77.0 Å². The van der Waals surface area contributed by atoms with Gasteiger partial charge in [0.05, 0.1) is 19.8 Å². The number of ether oxygens (including phenoxy) is 1.